The lowest BCUT2D eigenvalue weighted by atomic mass is 9.91. The maximum atomic E-state index is 13.7. The van der Waals surface area contributed by atoms with Gasteiger partial charge in [0.15, 0.2) is 5.69 Å². The third-order valence-corrected chi connectivity index (χ3v) is 6.67. The average Bonchev–Trinajstić information content (AvgIpc) is 3.21. The molecule has 0 saturated heterocycles. The molecule has 1 fully saturated rings. The van der Waals surface area contributed by atoms with Gasteiger partial charge in [-0.3, -0.25) is 9.59 Å². The smallest absolute Gasteiger partial charge is 0.359 e. The Kier molecular flexibility index (Phi) is 6.24. The quantitative estimate of drug-likeness (QED) is 0.694. The number of benzene rings is 1. The van der Waals surface area contributed by atoms with E-state index in [0.29, 0.717) is 5.02 Å². The molecule has 8 nitrogen and oxygen atoms in total. The predicted octanol–water partition coefficient (Wildman–Crippen LogP) is 3.19. The molecule has 2 heterocycles. The number of carbonyl (C=O) groups excluding carboxylic acids is 3. The number of nitrogens with zero attached hydrogens (tertiary/aromatic N) is 3. The van der Waals surface area contributed by atoms with Crippen molar-refractivity contribution in [2.45, 2.75) is 63.7 Å². The lowest BCUT2D eigenvalue weighted by Crippen LogP contribution is -2.64. The zero-order valence-electron chi connectivity index (χ0n) is 18.3. The topological polar surface area (TPSA) is 93.5 Å². The largest absolute Gasteiger partial charge is 0.464 e. The minimum absolute atomic E-state index is 0.0478. The first-order valence-corrected chi connectivity index (χ1v) is 11.2. The molecule has 1 aromatic heterocycles. The van der Waals surface area contributed by atoms with Crippen LogP contribution in [0.3, 0.4) is 0 Å². The van der Waals surface area contributed by atoms with E-state index in [4.69, 9.17) is 16.3 Å². The summed E-state index contributed by atoms with van der Waals surface area (Å²) in [5.41, 5.74) is -0.246. The van der Waals surface area contributed by atoms with Crippen LogP contribution in [0.15, 0.2) is 30.6 Å². The lowest BCUT2D eigenvalue weighted by Gasteiger charge is -2.44. The third-order valence-electron chi connectivity index (χ3n) is 6.42. The van der Waals surface area contributed by atoms with Crippen molar-refractivity contribution in [1.82, 2.24) is 19.8 Å². The van der Waals surface area contributed by atoms with Gasteiger partial charge in [-0.25, -0.2) is 9.78 Å². The van der Waals surface area contributed by atoms with E-state index in [1.165, 1.54) is 24.8 Å². The summed E-state index contributed by atoms with van der Waals surface area (Å²) in [6.45, 7) is 2.14. The normalized spacial score (nSPS) is 21.2. The fourth-order valence-corrected chi connectivity index (χ4v) is 4.67. The van der Waals surface area contributed by atoms with E-state index in [9.17, 15) is 14.4 Å². The van der Waals surface area contributed by atoms with Crippen molar-refractivity contribution in [3.63, 3.8) is 0 Å². The molecule has 9 heteroatoms. The van der Waals surface area contributed by atoms with Crippen LogP contribution in [-0.2, 0) is 22.6 Å². The Hall–Kier alpha value is -2.87. The van der Waals surface area contributed by atoms with E-state index in [1.807, 2.05) is 12.1 Å². The van der Waals surface area contributed by atoms with Crippen LogP contribution in [0.5, 0.6) is 0 Å². The molecule has 0 spiro atoms. The van der Waals surface area contributed by atoms with Gasteiger partial charge in [0.05, 0.1) is 20.0 Å². The van der Waals surface area contributed by atoms with Gasteiger partial charge in [0.25, 0.3) is 5.91 Å². The van der Waals surface area contributed by atoms with Crippen LogP contribution < -0.4 is 5.32 Å². The Bertz CT molecular complexity index is 1030. The Morgan fingerprint density at radius 2 is 1.91 bits per heavy atom. The van der Waals surface area contributed by atoms with E-state index in [1.54, 1.807) is 23.6 Å². The maximum absolute atomic E-state index is 13.7. The highest BCUT2D eigenvalue weighted by Crippen LogP contribution is 2.31. The highest BCUT2D eigenvalue weighted by atomic mass is 35.5. The SMILES string of the molecule is COC(=O)c1ncn2c1C(=O)N(Cc1ccc(Cl)cc1)[C@@](C)(C(=O)NC1CCCCC1)C2. The molecule has 32 heavy (non-hydrogen) atoms. The van der Waals surface area contributed by atoms with Gasteiger partial charge >= 0.3 is 5.97 Å². The summed E-state index contributed by atoms with van der Waals surface area (Å²) < 4.78 is 6.37. The molecule has 2 amide bonds. The summed E-state index contributed by atoms with van der Waals surface area (Å²) in [6, 6.07) is 7.24. The number of nitrogens with one attached hydrogen (secondary N) is 1. The number of aromatic nitrogens is 2. The van der Waals surface area contributed by atoms with Crippen LogP contribution >= 0.6 is 11.6 Å². The Morgan fingerprint density at radius 1 is 1.22 bits per heavy atom. The number of halogens is 1. The molecule has 170 valence electrons. The van der Waals surface area contributed by atoms with Crippen LogP contribution in [0.4, 0.5) is 0 Å². The molecule has 2 aliphatic rings. The van der Waals surface area contributed by atoms with Crippen LogP contribution in [-0.4, -0.2) is 50.9 Å². The number of methoxy groups -OCH3 is 1. The second kappa shape index (κ2) is 8.94. The number of rotatable bonds is 5. The summed E-state index contributed by atoms with van der Waals surface area (Å²) in [6.07, 6.45) is 6.66. The maximum Gasteiger partial charge on any atom is 0.359 e. The Morgan fingerprint density at radius 3 is 2.56 bits per heavy atom. The third kappa shape index (κ3) is 4.11. The van der Waals surface area contributed by atoms with E-state index in [0.717, 1.165) is 31.2 Å². The first-order chi connectivity index (χ1) is 15.3. The van der Waals surface area contributed by atoms with E-state index in [2.05, 4.69) is 10.3 Å². The minimum Gasteiger partial charge on any atom is -0.464 e. The number of hydrogen-bond acceptors (Lipinski definition) is 5. The molecule has 0 radical (unpaired) electrons. The van der Waals surface area contributed by atoms with Gasteiger partial charge < -0.3 is 19.5 Å². The molecule has 1 N–H and O–H groups in total. The Labute approximate surface area is 191 Å². The number of hydrogen-bond donors (Lipinski definition) is 1. The number of amides is 2. The second-order valence-corrected chi connectivity index (χ2v) is 9.10. The van der Waals surface area contributed by atoms with Gasteiger partial charge in [0.1, 0.15) is 11.2 Å². The van der Waals surface area contributed by atoms with Crippen molar-refractivity contribution in [1.29, 1.82) is 0 Å². The van der Waals surface area contributed by atoms with Crippen molar-refractivity contribution in [3.05, 3.63) is 52.6 Å². The molecule has 1 aromatic carbocycles. The number of fused-ring (bicyclic) bond motifs is 1. The fraction of sp³-hybridized carbons (Fsp3) is 0.478. The highest BCUT2D eigenvalue weighted by molar-refractivity contribution is 6.30. The lowest BCUT2D eigenvalue weighted by molar-refractivity contribution is -0.134. The standard InChI is InChI=1S/C23H27ClN4O4/c1-23(22(31)26-17-6-4-3-5-7-17)13-27-14-25-18(21(30)32-2)19(27)20(29)28(23)12-15-8-10-16(24)11-9-15/h8-11,14,17H,3-7,12-13H2,1-2H3,(H,26,31)/t23-/m1/s1. The minimum atomic E-state index is -1.16. The second-order valence-electron chi connectivity index (χ2n) is 8.66. The van der Waals surface area contributed by atoms with Crippen molar-refractivity contribution in [2.75, 3.05) is 7.11 Å². The van der Waals surface area contributed by atoms with Gasteiger partial charge in [-0.05, 0) is 37.5 Å². The van der Waals surface area contributed by atoms with Crippen LogP contribution in [0, 0.1) is 0 Å². The molecule has 1 saturated carbocycles. The summed E-state index contributed by atoms with van der Waals surface area (Å²) >= 11 is 6.01. The monoisotopic (exact) mass is 458 g/mol. The number of ether oxygens (including phenoxy) is 1. The molecular formula is C23H27ClN4O4. The summed E-state index contributed by atoms with van der Waals surface area (Å²) in [5, 5.41) is 3.75. The van der Waals surface area contributed by atoms with Crippen LogP contribution in [0.25, 0.3) is 0 Å². The summed E-state index contributed by atoms with van der Waals surface area (Å²) in [5.74, 6) is -1.33. The van der Waals surface area contributed by atoms with Gasteiger partial charge in [0, 0.05) is 17.6 Å². The highest BCUT2D eigenvalue weighted by Gasteiger charge is 2.49. The van der Waals surface area contributed by atoms with Crippen LogP contribution in [0.2, 0.25) is 5.02 Å². The first kappa shape index (κ1) is 22.3. The van der Waals surface area contributed by atoms with Gasteiger partial charge in [-0.1, -0.05) is 43.0 Å². The molecule has 4 rings (SSSR count). The summed E-state index contributed by atoms with van der Waals surface area (Å²) in [7, 11) is 1.24. The molecule has 1 aliphatic heterocycles. The Balaban J connectivity index is 1.71. The van der Waals surface area contributed by atoms with Gasteiger partial charge in [-0.15, -0.1) is 0 Å². The van der Waals surface area contributed by atoms with Crippen molar-refractivity contribution < 1.29 is 19.1 Å². The van der Waals surface area contributed by atoms with E-state index in [-0.39, 0.29) is 36.4 Å². The molecule has 0 unspecified atom stereocenters. The molecule has 1 aliphatic carbocycles. The average molecular weight is 459 g/mol. The van der Waals surface area contributed by atoms with Crippen LogP contribution in [0.1, 0.15) is 65.6 Å². The molecular weight excluding hydrogens is 432 g/mol. The zero-order chi connectivity index (χ0) is 22.9. The fourth-order valence-electron chi connectivity index (χ4n) is 4.54. The van der Waals surface area contributed by atoms with Gasteiger partial charge in [0.2, 0.25) is 5.91 Å². The first-order valence-electron chi connectivity index (χ1n) is 10.8. The van der Waals surface area contributed by atoms with Crippen molar-refractivity contribution in [2.24, 2.45) is 0 Å². The summed E-state index contributed by atoms with van der Waals surface area (Å²) in [4.78, 5) is 45.0. The molecule has 0 bridgehead atoms. The van der Waals surface area contributed by atoms with E-state index >= 15 is 0 Å². The van der Waals surface area contributed by atoms with E-state index < -0.39 is 17.4 Å². The molecule has 1 atom stereocenters. The molecule has 2 aromatic rings. The van der Waals surface area contributed by atoms with Crippen molar-refractivity contribution in [3.8, 4) is 0 Å². The predicted molar refractivity (Wildman–Crippen MR) is 118 cm³/mol. The number of imidazole rings is 1. The number of carbonyl (C=O) groups is 3. The number of esters is 1. The van der Waals surface area contributed by atoms with Crippen molar-refractivity contribution >= 4 is 29.4 Å². The van der Waals surface area contributed by atoms with Gasteiger partial charge in [-0.2, -0.15) is 0 Å². The zero-order valence-corrected chi connectivity index (χ0v) is 19.0.